The molecule has 0 amide bonds. The number of hydrogen-bond acceptors (Lipinski definition) is 5. The van der Waals surface area contributed by atoms with Crippen LogP contribution in [0.2, 0.25) is 0 Å². The summed E-state index contributed by atoms with van der Waals surface area (Å²) in [6.07, 6.45) is 3.43. The predicted octanol–water partition coefficient (Wildman–Crippen LogP) is 4.13. The van der Waals surface area contributed by atoms with Gasteiger partial charge in [0, 0.05) is 9.86 Å². The van der Waals surface area contributed by atoms with Gasteiger partial charge in [-0.15, -0.1) is 0 Å². The van der Waals surface area contributed by atoms with Gasteiger partial charge < -0.3 is 4.74 Å². The number of nitriles is 1. The van der Waals surface area contributed by atoms with Gasteiger partial charge in [0.1, 0.15) is 0 Å². The Bertz CT molecular complexity index is 977. The number of fused-ring (bicyclic) bond motifs is 1. The van der Waals surface area contributed by atoms with E-state index in [0.717, 1.165) is 28.2 Å². The van der Waals surface area contributed by atoms with E-state index in [9.17, 15) is 10.1 Å². The molecule has 0 saturated heterocycles. The van der Waals surface area contributed by atoms with Crippen LogP contribution in [-0.4, -0.2) is 27.3 Å². The van der Waals surface area contributed by atoms with Crippen molar-refractivity contribution in [2.24, 2.45) is 0 Å². The lowest BCUT2D eigenvalue weighted by Crippen LogP contribution is -2.17. The molecule has 0 spiro atoms. The summed E-state index contributed by atoms with van der Waals surface area (Å²) in [6, 6.07) is 13.0. The number of unbranched alkanes of at least 4 members (excludes halogenated alkanes) is 1. The van der Waals surface area contributed by atoms with Gasteiger partial charge >= 0.3 is 5.97 Å². The molecule has 3 rings (SSSR count). The van der Waals surface area contributed by atoms with E-state index in [-0.39, 0.29) is 0 Å². The molecule has 0 fully saturated rings. The van der Waals surface area contributed by atoms with Gasteiger partial charge in [-0.1, -0.05) is 41.4 Å². The lowest BCUT2D eigenvalue weighted by atomic mass is 10.1. The lowest BCUT2D eigenvalue weighted by molar-refractivity contribution is -0.144. The van der Waals surface area contributed by atoms with Crippen molar-refractivity contribution in [3.8, 4) is 11.9 Å². The highest BCUT2D eigenvalue weighted by molar-refractivity contribution is 9.10. The summed E-state index contributed by atoms with van der Waals surface area (Å²) in [6.45, 7) is 2.32. The molecule has 1 atom stereocenters. The van der Waals surface area contributed by atoms with Crippen LogP contribution in [-0.2, 0) is 9.53 Å². The van der Waals surface area contributed by atoms with Crippen molar-refractivity contribution < 1.29 is 9.53 Å². The second-order valence-corrected chi connectivity index (χ2v) is 6.68. The molecule has 0 aliphatic rings. The van der Waals surface area contributed by atoms with Crippen LogP contribution in [0, 0.1) is 11.3 Å². The lowest BCUT2D eigenvalue weighted by Gasteiger charge is -2.10. The Labute approximate surface area is 159 Å². The van der Waals surface area contributed by atoms with E-state index in [0.29, 0.717) is 18.1 Å². The summed E-state index contributed by atoms with van der Waals surface area (Å²) in [7, 11) is 0. The van der Waals surface area contributed by atoms with Crippen LogP contribution < -0.4 is 0 Å². The molecule has 2 aromatic heterocycles. The first-order valence-corrected chi connectivity index (χ1v) is 9.10. The van der Waals surface area contributed by atoms with E-state index in [4.69, 9.17) is 4.74 Å². The van der Waals surface area contributed by atoms with Crippen molar-refractivity contribution in [1.82, 2.24) is 14.8 Å². The first kappa shape index (κ1) is 18.1. The minimum absolute atomic E-state index is 0.311. The van der Waals surface area contributed by atoms with Gasteiger partial charge in [-0.3, -0.25) is 4.79 Å². The maximum atomic E-state index is 12.2. The number of nitrogens with zero attached hydrogens (tertiary/aromatic N) is 4. The molecule has 132 valence electrons. The third-order valence-electron chi connectivity index (χ3n) is 3.91. The molecule has 0 aliphatic heterocycles. The summed E-state index contributed by atoms with van der Waals surface area (Å²) in [5.41, 5.74) is 1.23. The highest BCUT2D eigenvalue weighted by Gasteiger charge is 2.24. The van der Waals surface area contributed by atoms with Crippen LogP contribution in [0.4, 0.5) is 0 Å². The topological polar surface area (TPSA) is 80.8 Å². The summed E-state index contributed by atoms with van der Waals surface area (Å²) in [5, 5.41) is 14.8. The minimum Gasteiger partial charge on any atom is -0.464 e. The Morgan fingerprint density at radius 2 is 2.23 bits per heavy atom. The van der Waals surface area contributed by atoms with Crippen LogP contribution in [0.25, 0.3) is 16.7 Å². The zero-order valence-corrected chi connectivity index (χ0v) is 15.8. The molecule has 1 aromatic carbocycles. The van der Waals surface area contributed by atoms with Gasteiger partial charge in [0.05, 0.1) is 30.1 Å². The van der Waals surface area contributed by atoms with Crippen LogP contribution in [0.3, 0.4) is 0 Å². The van der Waals surface area contributed by atoms with E-state index < -0.39 is 11.9 Å². The fourth-order valence-corrected chi connectivity index (χ4v) is 2.88. The first-order chi connectivity index (χ1) is 12.6. The molecule has 6 nitrogen and oxygen atoms in total. The average molecular weight is 413 g/mol. The summed E-state index contributed by atoms with van der Waals surface area (Å²) >= 11 is 3.46. The number of carbonyl (C=O) groups excluding carboxylic acids is 1. The van der Waals surface area contributed by atoms with Crippen molar-refractivity contribution >= 4 is 32.8 Å². The van der Waals surface area contributed by atoms with Crippen LogP contribution in [0.5, 0.6) is 0 Å². The third kappa shape index (κ3) is 3.75. The maximum Gasteiger partial charge on any atom is 0.329 e. The summed E-state index contributed by atoms with van der Waals surface area (Å²) < 4.78 is 7.79. The van der Waals surface area contributed by atoms with Crippen LogP contribution in [0.1, 0.15) is 31.4 Å². The maximum absolute atomic E-state index is 12.2. The number of halogens is 1. The van der Waals surface area contributed by atoms with Gasteiger partial charge in [-0.05, 0) is 30.7 Å². The number of pyridine rings is 1. The molecule has 3 aromatic rings. The van der Waals surface area contributed by atoms with Crippen molar-refractivity contribution in [3.05, 3.63) is 52.8 Å². The summed E-state index contributed by atoms with van der Waals surface area (Å²) in [4.78, 5) is 16.7. The number of aromatic nitrogens is 3. The van der Waals surface area contributed by atoms with Crippen molar-refractivity contribution in [2.45, 2.75) is 25.7 Å². The Kier molecular flexibility index (Phi) is 5.64. The second kappa shape index (κ2) is 8.11. The molecule has 26 heavy (non-hydrogen) atoms. The Morgan fingerprint density at radius 1 is 1.38 bits per heavy atom. The van der Waals surface area contributed by atoms with Crippen LogP contribution >= 0.6 is 15.9 Å². The van der Waals surface area contributed by atoms with Crippen molar-refractivity contribution in [1.29, 1.82) is 5.26 Å². The number of benzene rings is 1. The van der Waals surface area contributed by atoms with E-state index in [1.807, 2.05) is 31.2 Å². The summed E-state index contributed by atoms with van der Waals surface area (Å²) in [5.74, 6) is -1.09. The van der Waals surface area contributed by atoms with Gasteiger partial charge in [0.25, 0.3) is 0 Å². The third-order valence-corrected chi connectivity index (χ3v) is 4.40. The fourth-order valence-electron chi connectivity index (χ4n) is 2.53. The normalized spacial score (nSPS) is 11.9. The molecule has 0 aliphatic carbocycles. The second-order valence-electron chi connectivity index (χ2n) is 5.76. The van der Waals surface area contributed by atoms with Gasteiger partial charge in [0.15, 0.2) is 11.7 Å². The van der Waals surface area contributed by atoms with Gasteiger partial charge in [-0.2, -0.15) is 10.4 Å². The minimum atomic E-state index is -1.06. The molecule has 0 bridgehead atoms. The van der Waals surface area contributed by atoms with Crippen molar-refractivity contribution in [2.75, 3.05) is 6.61 Å². The SMILES string of the molecule is CCCCOC(=O)C(C#N)c1cccc(-n2ncc3ccc(Br)cc32)n1. The predicted molar refractivity (Wildman–Crippen MR) is 101 cm³/mol. The molecule has 0 saturated carbocycles. The largest absolute Gasteiger partial charge is 0.464 e. The fraction of sp³-hybridized carbons (Fsp3) is 0.263. The van der Waals surface area contributed by atoms with E-state index in [2.05, 4.69) is 26.0 Å². The number of ether oxygens (including phenoxy) is 1. The number of esters is 1. The first-order valence-electron chi connectivity index (χ1n) is 8.31. The van der Waals surface area contributed by atoms with E-state index >= 15 is 0 Å². The van der Waals surface area contributed by atoms with Gasteiger partial charge in [-0.25, -0.2) is 9.67 Å². The number of rotatable bonds is 6. The Balaban J connectivity index is 1.93. The Morgan fingerprint density at radius 3 is 3.00 bits per heavy atom. The molecule has 1 unspecified atom stereocenters. The van der Waals surface area contributed by atoms with Crippen LogP contribution in [0.15, 0.2) is 47.1 Å². The smallest absolute Gasteiger partial charge is 0.329 e. The van der Waals surface area contributed by atoms with E-state index in [1.54, 1.807) is 29.1 Å². The Hall–Kier alpha value is -2.72. The highest BCUT2D eigenvalue weighted by atomic mass is 79.9. The molecule has 0 N–H and O–H groups in total. The average Bonchev–Trinajstić information content (AvgIpc) is 3.06. The highest BCUT2D eigenvalue weighted by Crippen LogP contribution is 2.23. The molecule has 7 heteroatoms. The molecule has 0 radical (unpaired) electrons. The zero-order valence-electron chi connectivity index (χ0n) is 14.2. The standard InChI is InChI=1S/C19H17BrN4O2/c1-2-3-9-26-19(25)15(11-21)16-5-4-6-18(23-16)24-17-10-14(20)8-7-13(17)12-22-24/h4-8,10,12,15H,2-3,9H2,1H3. The molecular weight excluding hydrogens is 396 g/mol. The quantitative estimate of drug-likeness (QED) is 0.448. The van der Waals surface area contributed by atoms with Crippen molar-refractivity contribution in [3.63, 3.8) is 0 Å². The molecular formula is C19H17BrN4O2. The number of carbonyl (C=O) groups is 1. The zero-order chi connectivity index (χ0) is 18.5. The van der Waals surface area contributed by atoms with E-state index in [1.165, 1.54) is 0 Å². The number of hydrogen-bond donors (Lipinski definition) is 0. The molecule has 2 heterocycles. The monoisotopic (exact) mass is 412 g/mol. The van der Waals surface area contributed by atoms with Gasteiger partial charge in [0.2, 0.25) is 0 Å².